The predicted octanol–water partition coefficient (Wildman–Crippen LogP) is 1.91. The largest absolute Gasteiger partial charge is 0.466 e. The topological polar surface area (TPSA) is 52.3 Å². The molecule has 0 radical (unpaired) electrons. The summed E-state index contributed by atoms with van der Waals surface area (Å²) in [7, 11) is 0. The van der Waals surface area contributed by atoms with Crippen LogP contribution in [0.3, 0.4) is 0 Å². The number of nitrogens with two attached hydrogens (primary N) is 1. The number of carbonyl (C=O) groups is 1. The van der Waals surface area contributed by atoms with E-state index >= 15 is 0 Å². The van der Waals surface area contributed by atoms with Gasteiger partial charge in [0.2, 0.25) is 0 Å². The van der Waals surface area contributed by atoms with E-state index in [4.69, 9.17) is 10.5 Å². The standard InChI is InChI=1S/C9H17NO2.2ClH/c1-2-12-9(11)7-3-5-8(10)6-4-7;;/h7-8H,2-6,10H2,1H3;2*1H. The van der Waals surface area contributed by atoms with Crippen LogP contribution in [0.25, 0.3) is 0 Å². The first-order chi connectivity index (χ1) is 5.74. The molecule has 3 nitrogen and oxygen atoms in total. The van der Waals surface area contributed by atoms with Gasteiger partial charge in [0.05, 0.1) is 12.5 Å². The maximum atomic E-state index is 11.2. The highest BCUT2D eigenvalue weighted by Crippen LogP contribution is 2.23. The van der Waals surface area contributed by atoms with Gasteiger partial charge in [-0.25, -0.2) is 0 Å². The van der Waals surface area contributed by atoms with E-state index in [-0.39, 0.29) is 36.7 Å². The predicted molar refractivity (Wildman–Crippen MR) is 61.1 cm³/mol. The summed E-state index contributed by atoms with van der Waals surface area (Å²) in [5, 5.41) is 0. The van der Waals surface area contributed by atoms with Gasteiger partial charge in [0.1, 0.15) is 0 Å². The third kappa shape index (κ3) is 5.03. The van der Waals surface area contributed by atoms with Crippen LogP contribution >= 0.6 is 24.8 Å². The molecule has 1 saturated carbocycles. The van der Waals surface area contributed by atoms with E-state index in [9.17, 15) is 4.79 Å². The zero-order valence-electron chi connectivity index (χ0n) is 8.40. The smallest absolute Gasteiger partial charge is 0.308 e. The van der Waals surface area contributed by atoms with Crippen molar-refractivity contribution >= 4 is 30.8 Å². The molecule has 1 fully saturated rings. The average molecular weight is 244 g/mol. The van der Waals surface area contributed by atoms with Crippen molar-refractivity contribution in [3.05, 3.63) is 0 Å². The highest BCUT2D eigenvalue weighted by Gasteiger charge is 2.25. The molecule has 0 aliphatic heterocycles. The van der Waals surface area contributed by atoms with Gasteiger partial charge >= 0.3 is 5.97 Å². The molecule has 86 valence electrons. The van der Waals surface area contributed by atoms with Crippen LogP contribution in [0.5, 0.6) is 0 Å². The van der Waals surface area contributed by atoms with Crippen molar-refractivity contribution in [2.45, 2.75) is 38.6 Å². The van der Waals surface area contributed by atoms with Crippen molar-refractivity contribution in [2.24, 2.45) is 11.7 Å². The minimum atomic E-state index is -0.0376. The van der Waals surface area contributed by atoms with Crippen LogP contribution in [0.2, 0.25) is 0 Å². The van der Waals surface area contributed by atoms with E-state index in [0.717, 1.165) is 25.7 Å². The van der Waals surface area contributed by atoms with Crippen molar-refractivity contribution in [3.63, 3.8) is 0 Å². The minimum absolute atomic E-state index is 0. The number of hydrogen-bond acceptors (Lipinski definition) is 3. The Kier molecular flexibility index (Phi) is 9.78. The van der Waals surface area contributed by atoms with Gasteiger partial charge in [-0.1, -0.05) is 0 Å². The Balaban J connectivity index is 0. The summed E-state index contributed by atoms with van der Waals surface area (Å²) < 4.78 is 4.94. The Morgan fingerprint density at radius 2 is 1.79 bits per heavy atom. The Morgan fingerprint density at radius 3 is 2.21 bits per heavy atom. The number of hydrogen-bond donors (Lipinski definition) is 1. The molecule has 0 atom stereocenters. The quantitative estimate of drug-likeness (QED) is 0.755. The molecule has 0 unspecified atom stereocenters. The lowest BCUT2D eigenvalue weighted by molar-refractivity contribution is -0.149. The second-order valence-electron chi connectivity index (χ2n) is 3.36. The van der Waals surface area contributed by atoms with Crippen LogP contribution in [-0.4, -0.2) is 18.6 Å². The van der Waals surface area contributed by atoms with Crippen LogP contribution in [-0.2, 0) is 9.53 Å². The van der Waals surface area contributed by atoms with Gasteiger partial charge in [-0.05, 0) is 32.6 Å². The summed E-state index contributed by atoms with van der Waals surface area (Å²) >= 11 is 0. The van der Waals surface area contributed by atoms with Gasteiger partial charge < -0.3 is 10.5 Å². The number of esters is 1. The third-order valence-electron chi connectivity index (χ3n) is 2.39. The molecule has 0 aromatic rings. The second-order valence-corrected chi connectivity index (χ2v) is 3.36. The highest BCUT2D eigenvalue weighted by molar-refractivity contribution is 5.85. The van der Waals surface area contributed by atoms with Gasteiger partial charge in [0, 0.05) is 6.04 Å². The molecule has 0 aromatic carbocycles. The molecule has 14 heavy (non-hydrogen) atoms. The van der Waals surface area contributed by atoms with Crippen LogP contribution in [0.15, 0.2) is 0 Å². The maximum Gasteiger partial charge on any atom is 0.308 e. The van der Waals surface area contributed by atoms with Crippen molar-refractivity contribution in [1.29, 1.82) is 0 Å². The first kappa shape index (κ1) is 16.4. The molecule has 0 aromatic heterocycles. The van der Waals surface area contributed by atoms with Crippen LogP contribution in [0.4, 0.5) is 0 Å². The van der Waals surface area contributed by atoms with E-state index in [1.807, 2.05) is 6.92 Å². The summed E-state index contributed by atoms with van der Waals surface area (Å²) in [5.41, 5.74) is 5.72. The van der Waals surface area contributed by atoms with Gasteiger partial charge in [0.25, 0.3) is 0 Å². The van der Waals surface area contributed by atoms with E-state index in [2.05, 4.69) is 0 Å². The van der Waals surface area contributed by atoms with E-state index < -0.39 is 0 Å². The summed E-state index contributed by atoms with van der Waals surface area (Å²) in [6.45, 7) is 2.33. The van der Waals surface area contributed by atoms with Gasteiger partial charge in [-0.15, -0.1) is 24.8 Å². The third-order valence-corrected chi connectivity index (χ3v) is 2.39. The number of ether oxygens (including phenoxy) is 1. The molecular weight excluding hydrogens is 225 g/mol. The fourth-order valence-electron chi connectivity index (χ4n) is 1.62. The molecule has 0 heterocycles. The zero-order valence-corrected chi connectivity index (χ0v) is 10.0. The molecule has 0 saturated heterocycles. The monoisotopic (exact) mass is 243 g/mol. The first-order valence-corrected chi connectivity index (χ1v) is 4.66. The summed E-state index contributed by atoms with van der Waals surface area (Å²) in [5.74, 6) is 0.0779. The fraction of sp³-hybridized carbons (Fsp3) is 0.889. The molecule has 1 aliphatic rings. The highest BCUT2D eigenvalue weighted by atomic mass is 35.5. The average Bonchev–Trinajstić information content (AvgIpc) is 2.06. The molecule has 1 aliphatic carbocycles. The zero-order chi connectivity index (χ0) is 8.97. The lowest BCUT2D eigenvalue weighted by Gasteiger charge is -2.24. The second kappa shape index (κ2) is 8.33. The van der Waals surface area contributed by atoms with Crippen LogP contribution in [0.1, 0.15) is 32.6 Å². The Hall–Kier alpha value is 0.01000. The molecule has 0 bridgehead atoms. The molecular formula is C9H19Cl2NO2. The number of halogens is 2. The molecule has 1 rings (SSSR count). The van der Waals surface area contributed by atoms with E-state index in [1.54, 1.807) is 0 Å². The molecule has 5 heteroatoms. The normalized spacial score (nSPS) is 25.6. The number of carbonyl (C=O) groups excluding carboxylic acids is 1. The van der Waals surface area contributed by atoms with E-state index in [0.29, 0.717) is 12.6 Å². The summed E-state index contributed by atoms with van der Waals surface area (Å²) in [6.07, 6.45) is 3.73. The number of rotatable bonds is 2. The van der Waals surface area contributed by atoms with Crippen LogP contribution < -0.4 is 5.73 Å². The molecule has 2 N–H and O–H groups in total. The van der Waals surface area contributed by atoms with E-state index in [1.165, 1.54) is 0 Å². The summed E-state index contributed by atoms with van der Waals surface area (Å²) in [6, 6.07) is 0.302. The van der Waals surface area contributed by atoms with Crippen molar-refractivity contribution in [1.82, 2.24) is 0 Å². The van der Waals surface area contributed by atoms with Gasteiger partial charge in [0.15, 0.2) is 0 Å². The maximum absolute atomic E-state index is 11.2. The Morgan fingerprint density at radius 1 is 1.29 bits per heavy atom. The fourth-order valence-corrected chi connectivity index (χ4v) is 1.62. The van der Waals surface area contributed by atoms with Crippen molar-refractivity contribution in [2.75, 3.05) is 6.61 Å². The summed E-state index contributed by atoms with van der Waals surface area (Å²) in [4.78, 5) is 11.2. The molecule has 0 spiro atoms. The van der Waals surface area contributed by atoms with Gasteiger partial charge in [-0.3, -0.25) is 4.79 Å². The lowest BCUT2D eigenvalue weighted by atomic mass is 9.86. The first-order valence-electron chi connectivity index (χ1n) is 4.66. The van der Waals surface area contributed by atoms with Gasteiger partial charge in [-0.2, -0.15) is 0 Å². The minimum Gasteiger partial charge on any atom is -0.466 e. The lowest BCUT2D eigenvalue weighted by Crippen LogP contribution is -2.30. The Bertz CT molecular complexity index is 159. The van der Waals surface area contributed by atoms with Crippen molar-refractivity contribution in [3.8, 4) is 0 Å². The van der Waals surface area contributed by atoms with Crippen molar-refractivity contribution < 1.29 is 9.53 Å². The molecule has 0 amide bonds. The Labute approximate surface area is 97.6 Å². The SMILES string of the molecule is CCOC(=O)C1CCC(N)CC1.Cl.Cl. The van der Waals surface area contributed by atoms with Crippen LogP contribution in [0, 0.1) is 5.92 Å².